The zero-order valence-electron chi connectivity index (χ0n) is 11.8. The maximum absolute atomic E-state index is 12.0. The van der Waals surface area contributed by atoms with Gasteiger partial charge in [-0.2, -0.15) is 0 Å². The molecule has 3 rings (SSSR count). The molecule has 2 aliphatic rings. The number of carbonyl (C=O) groups excluding carboxylic acids is 1. The van der Waals surface area contributed by atoms with E-state index in [9.17, 15) is 4.79 Å². The van der Waals surface area contributed by atoms with E-state index in [4.69, 9.17) is 4.74 Å². The molecule has 108 valence electrons. The number of likely N-dealkylation sites (tertiary alicyclic amines) is 1. The number of amides is 2. The van der Waals surface area contributed by atoms with Crippen molar-refractivity contribution in [2.75, 3.05) is 32.1 Å². The lowest BCUT2D eigenvalue weighted by Crippen LogP contribution is -2.39. The molecule has 1 saturated heterocycles. The van der Waals surface area contributed by atoms with Gasteiger partial charge >= 0.3 is 6.03 Å². The summed E-state index contributed by atoms with van der Waals surface area (Å²) in [5, 5.41) is 5.92. The highest BCUT2D eigenvalue weighted by Gasteiger charge is 2.21. The molecule has 2 aliphatic heterocycles. The average molecular weight is 275 g/mol. The van der Waals surface area contributed by atoms with Crippen LogP contribution in [0.25, 0.3) is 0 Å². The van der Waals surface area contributed by atoms with Crippen molar-refractivity contribution in [3.05, 3.63) is 23.8 Å². The maximum atomic E-state index is 12.0. The molecule has 1 aromatic rings. The van der Waals surface area contributed by atoms with Crippen LogP contribution in [0.15, 0.2) is 18.2 Å². The summed E-state index contributed by atoms with van der Waals surface area (Å²) in [5.41, 5.74) is 2.01. The highest BCUT2D eigenvalue weighted by atomic mass is 16.5. The van der Waals surface area contributed by atoms with Crippen LogP contribution < -0.4 is 15.4 Å². The number of anilines is 1. The van der Waals surface area contributed by atoms with Crippen molar-refractivity contribution in [2.24, 2.45) is 0 Å². The Labute approximate surface area is 119 Å². The largest absolute Gasteiger partial charge is 0.493 e. The molecule has 5 heteroatoms. The van der Waals surface area contributed by atoms with Crippen LogP contribution in [0.3, 0.4) is 0 Å². The van der Waals surface area contributed by atoms with Crippen molar-refractivity contribution < 1.29 is 9.53 Å². The van der Waals surface area contributed by atoms with Crippen LogP contribution in [0, 0.1) is 0 Å². The number of aryl methyl sites for hydroxylation is 1. The minimum absolute atomic E-state index is 0.123. The molecule has 2 amide bonds. The molecule has 1 aromatic carbocycles. The monoisotopic (exact) mass is 275 g/mol. The van der Waals surface area contributed by atoms with Crippen LogP contribution in [0.4, 0.5) is 10.5 Å². The van der Waals surface area contributed by atoms with Gasteiger partial charge in [-0.15, -0.1) is 0 Å². The minimum Gasteiger partial charge on any atom is -0.493 e. The zero-order valence-corrected chi connectivity index (χ0v) is 11.8. The summed E-state index contributed by atoms with van der Waals surface area (Å²) < 4.78 is 5.57. The van der Waals surface area contributed by atoms with Crippen molar-refractivity contribution in [2.45, 2.75) is 25.3 Å². The number of urea groups is 1. The predicted molar refractivity (Wildman–Crippen MR) is 78.3 cm³/mol. The maximum Gasteiger partial charge on any atom is 0.319 e. The van der Waals surface area contributed by atoms with E-state index in [0.29, 0.717) is 0 Å². The first-order valence-corrected chi connectivity index (χ1v) is 7.22. The van der Waals surface area contributed by atoms with Crippen molar-refractivity contribution >= 4 is 11.7 Å². The van der Waals surface area contributed by atoms with Crippen molar-refractivity contribution in [3.8, 4) is 5.75 Å². The van der Waals surface area contributed by atoms with Gasteiger partial charge in [0.05, 0.1) is 6.61 Å². The molecule has 0 aliphatic carbocycles. The van der Waals surface area contributed by atoms with Crippen molar-refractivity contribution in [1.82, 2.24) is 10.2 Å². The van der Waals surface area contributed by atoms with Gasteiger partial charge in [0, 0.05) is 18.3 Å². The van der Waals surface area contributed by atoms with Gasteiger partial charge in [0.25, 0.3) is 0 Å². The lowest BCUT2D eigenvalue weighted by atomic mass is 10.1. The number of fused-ring (bicyclic) bond motifs is 1. The number of rotatable bonds is 2. The number of nitrogens with zero attached hydrogens (tertiary/aromatic N) is 1. The van der Waals surface area contributed by atoms with Gasteiger partial charge in [0.2, 0.25) is 0 Å². The quantitative estimate of drug-likeness (QED) is 0.866. The van der Waals surface area contributed by atoms with Gasteiger partial charge in [-0.25, -0.2) is 4.79 Å². The molecule has 0 radical (unpaired) electrons. The van der Waals surface area contributed by atoms with Gasteiger partial charge < -0.3 is 20.3 Å². The highest BCUT2D eigenvalue weighted by Crippen LogP contribution is 2.27. The summed E-state index contributed by atoms with van der Waals surface area (Å²) in [6.45, 7) is 2.75. The second kappa shape index (κ2) is 5.71. The Balaban J connectivity index is 1.58. The Morgan fingerprint density at radius 2 is 2.35 bits per heavy atom. The number of nitrogens with one attached hydrogen (secondary N) is 2. The third-order valence-corrected chi connectivity index (χ3v) is 3.89. The summed E-state index contributed by atoms with van der Waals surface area (Å²) >= 11 is 0. The molecule has 1 atom stereocenters. The standard InChI is InChI=1S/C15H21N3O2/c1-18-7-6-13(10-18)17-15(19)16-12-4-5-14-11(9-12)3-2-8-20-14/h4-5,9,13H,2-3,6-8,10H2,1H3,(H2,16,17,19). The molecule has 5 nitrogen and oxygen atoms in total. The second-order valence-electron chi connectivity index (χ2n) is 5.62. The van der Waals surface area contributed by atoms with Gasteiger partial charge in [0.1, 0.15) is 5.75 Å². The fraction of sp³-hybridized carbons (Fsp3) is 0.533. The molecule has 2 N–H and O–H groups in total. The molecule has 0 spiro atoms. The SMILES string of the molecule is CN1CCC(NC(=O)Nc2ccc3c(c2)CCCO3)C1. The van der Waals surface area contributed by atoms with Crippen LogP contribution in [-0.2, 0) is 6.42 Å². The first kappa shape index (κ1) is 13.2. The fourth-order valence-corrected chi connectivity index (χ4v) is 2.84. The van der Waals surface area contributed by atoms with Gasteiger partial charge in [-0.05, 0) is 56.6 Å². The summed E-state index contributed by atoms with van der Waals surface area (Å²) in [7, 11) is 2.07. The van der Waals surface area contributed by atoms with E-state index in [1.54, 1.807) is 0 Å². The first-order chi connectivity index (χ1) is 9.70. The van der Waals surface area contributed by atoms with Crippen LogP contribution in [0.2, 0.25) is 0 Å². The lowest BCUT2D eigenvalue weighted by molar-refractivity contribution is 0.248. The van der Waals surface area contributed by atoms with Crippen LogP contribution >= 0.6 is 0 Å². The molecule has 1 fully saturated rings. The molecule has 0 saturated carbocycles. The molecule has 0 bridgehead atoms. The molecule has 20 heavy (non-hydrogen) atoms. The molecule has 2 heterocycles. The number of hydrogen-bond acceptors (Lipinski definition) is 3. The van der Waals surface area contributed by atoms with E-state index in [0.717, 1.165) is 50.4 Å². The summed E-state index contributed by atoms with van der Waals surface area (Å²) in [6.07, 6.45) is 3.07. The first-order valence-electron chi connectivity index (χ1n) is 7.22. The number of carbonyl (C=O) groups is 1. The average Bonchev–Trinajstić information content (AvgIpc) is 2.83. The Bertz CT molecular complexity index is 504. The predicted octanol–water partition coefficient (Wildman–Crippen LogP) is 1.84. The van der Waals surface area contributed by atoms with E-state index in [-0.39, 0.29) is 12.1 Å². The lowest BCUT2D eigenvalue weighted by Gasteiger charge is -2.18. The number of ether oxygens (including phenoxy) is 1. The van der Waals surface area contributed by atoms with Crippen molar-refractivity contribution in [1.29, 1.82) is 0 Å². The smallest absolute Gasteiger partial charge is 0.319 e. The topological polar surface area (TPSA) is 53.6 Å². The minimum atomic E-state index is -0.123. The molecular weight excluding hydrogens is 254 g/mol. The van der Waals surface area contributed by atoms with E-state index >= 15 is 0 Å². The molecule has 1 unspecified atom stereocenters. The Hall–Kier alpha value is -1.75. The molecule has 0 aromatic heterocycles. The third kappa shape index (κ3) is 3.04. The van der Waals surface area contributed by atoms with E-state index in [2.05, 4.69) is 22.6 Å². The summed E-state index contributed by atoms with van der Waals surface area (Å²) in [6, 6.07) is 5.97. The number of hydrogen-bond donors (Lipinski definition) is 2. The number of benzene rings is 1. The van der Waals surface area contributed by atoms with Gasteiger partial charge in [-0.1, -0.05) is 0 Å². The Morgan fingerprint density at radius 1 is 1.45 bits per heavy atom. The zero-order chi connectivity index (χ0) is 13.9. The summed E-state index contributed by atoms with van der Waals surface area (Å²) in [5.74, 6) is 0.944. The normalized spacial score (nSPS) is 21.9. The number of likely N-dealkylation sites (N-methyl/N-ethyl adjacent to an activating group) is 1. The highest BCUT2D eigenvalue weighted by molar-refractivity contribution is 5.89. The Morgan fingerprint density at radius 3 is 3.15 bits per heavy atom. The fourth-order valence-electron chi connectivity index (χ4n) is 2.84. The summed E-state index contributed by atoms with van der Waals surface area (Å²) in [4.78, 5) is 14.2. The van der Waals surface area contributed by atoms with Crippen molar-refractivity contribution in [3.63, 3.8) is 0 Å². The Kier molecular flexibility index (Phi) is 3.78. The third-order valence-electron chi connectivity index (χ3n) is 3.89. The second-order valence-corrected chi connectivity index (χ2v) is 5.62. The van der Waals surface area contributed by atoms with Crippen LogP contribution in [-0.4, -0.2) is 43.7 Å². The van der Waals surface area contributed by atoms with E-state index < -0.39 is 0 Å². The van der Waals surface area contributed by atoms with Crippen LogP contribution in [0.1, 0.15) is 18.4 Å². The molecular formula is C15H21N3O2. The van der Waals surface area contributed by atoms with Gasteiger partial charge in [0.15, 0.2) is 0 Å². The van der Waals surface area contributed by atoms with E-state index in [1.165, 1.54) is 5.56 Å². The van der Waals surface area contributed by atoms with Crippen LogP contribution in [0.5, 0.6) is 5.75 Å². The van der Waals surface area contributed by atoms with Gasteiger partial charge in [-0.3, -0.25) is 0 Å². The van der Waals surface area contributed by atoms with E-state index in [1.807, 2.05) is 18.2 Å².